The number of carbonyl (C=O) groups excluding carboxylic acids is 1. The Morgan fingerprint density at radius 3 is 2.57 bits per heavy atom. The lowest BCUT2D eigenvalue weighted by molar-refractivity contribution is 0.104. The lowest BCUT2D eigenvalue weighted by atomic mass is 10.1. The van der Waals surface area contributed by atoms with Gasteiger partial charge in [-0.2, -0.15) is 0 Å². The lowest BCUT2D eigenvalue weighted by Gasteiger charge is -2.08. The van der Waals surface area contributed by atoms with E-state index >= 15 is 0 Å². The van der Waals surface area contributed by atoms with Crippen molar-refractivity contribution in [3.63, 3.8) is 0 Å². The third-order valence-electron chi connectivity index (χ3n) is 3.33. The fraction of sp³-hybridized carbons (Fsp3) is 0.167. The van der Waals surface area contributed by atoms with Crippen molar-refractivity contribution in [3.05, 3.63) is 64.8 Å². The van der Waals surface area contributed by atoms with Gasteiger partial charge in [-0.3, -0.25) is 4.79 Å². The number of ketones is 1. The molecule has 0 aliphatic heterocycles. The van der Waals surface area contributed by atoms with Crippen LogP contribution in [0.15, 0.2) is 48.7 Å². The Balaban J connectivity index is 2.15. The second kappa shape index (κ2) is 7.70. The molecule has 1 N–H and O–H groups in total. The Hall–Kier alpha value is -2.46. The minimum Gasteiger partial charge on any atom is -0.497 e. The molecule has 23 heavy (non-hydrogen) atoms. The molecule has 5 heteroatoms. The van der Waals surface area contributed by atoms with E-state index in [9.17, 15) is 4.79 Å². The van der Waals surface area contributed by atoms with Crippen molar-refractivity contribution >= 4 is 23.1 Å². The molecular formula is C18H18ClNO3. The number of methoxy groups -OCH3 is 2. The van der Waals surface area contributed by atoms with Crippen LogP contribution in [0.1, 0.15) is 15.9 Å². The molecule has 120 valence electrons. The van der Waals surface area contributed by atoms with E-state index in [0.717, 1.165) is 11.3 Å². The minimum absolute atomic E-state index is 0.181. The van der Waals surface area contributed by atoms with E-state index in [-0.39, 0.29) is 5.78 Å². The predicted octanol–water partition coefficient (Wildman–Crippen LogP) is 4.47. The highest BCUT2D eigenvalue weighted by Gasteiger charge is 2.11. The van der Waals surface area contributed by atoms with Crippen LogP contribution in [0.25, 0.3) is 0 Å². The normalized spacial score (nSPS) is 10.6. The third-order valence-corrected chi connectivity index (χ3v) is 3.57. The average molecular weight is 332 g/mol. The van der Waals surface area contributed by atoms with Gasteiger partial charge in [-0.25, -0.2) is 0 Å². The summed E-state index contributed by atoms with van der Waals surface area (Å²) in [6.07, 6.45) is 3.04. The number of nitrogens with one attached hydrogen (secondary N) is 1. The Morgan fingerprint density at radius 2 is 1.91 bits per heavy atom. The van der Waals surface area contributed by atoms with E-state index < -0.39 is 0 Å². The highest BCUT2D eigenvalue weighted by atomic mass is 35.5. The molecule has 0 atom stereocenters. The number of rotatable bonds is 6. The fourth-order valence-corrected chi connectivity index (χ4v) is 2.32. The number of carbonyl (C=O) groups is 1. The van der Waals surface area contributed by atoms with E-state index in [1.165, 1.54) is 13.2 Å². The zero-order chi connectivity index (χ0) is 16.8. The molecule has 0 heterocycles. The maximum Gasteiger partial charge on any atom is 0.191 e. The van der Waals surface area contributed by atoms with Crippen molar-refractivity contribution in [1.29, 1.82) is 0 Å². The summed E-state index contributed by atoms with van der Waals surface area (Å²) < 4.78 is 10.4. The molecule has 0 saturated carbocycles. The summed E-state index contributed by atoms with van der Waals surface area (Å²) in [5, 5.41) is 3.75. The van der Waals surface area contributed by atoms with Crippen LogP contribution in [0.3, 0.4) is 0 Å². The van der Waals surface area contributed by atoms with Crippen LogP contribution in [0.4, 0.5) is 5.69 Å². The number of hydrogen-bond acceptors (Lipinski definition) is 4. The van der Waals surface area contributed by atoms with Crippen LogP contribution in [-0.4, -0.2) is 20.0 Å². The van der Waals surface area contributed by atoms with Gasteiger partial charge in [0.15, 0.2) is 5.78 Å². The molecule has 0 spiro atoms. The van der Waals surface area contributed by atoms with Crippen molar-refractivity contribution in [2.75, 3.05) is 19.5 Å². The highest BCUT2D eigenvalue weighted by molar-refractivity contribution is 6.30. The zero-order valence-corrected chi connectivity index (χ0v) is 14.0. The highest BCUT2D eigenvalue weighted by Crippen LogP contribution is 2.25. The van der Waals surface area contributed by atoms with Gasteiger partial charge in [0, 0.05) is 23.0 Å². The molecule has 0 aromatic heterocycles. The van der Waals surface area contributed by atoms with Gasteiger partial charge >= 0.3 is 0 Å². The predicted molar refractivity (Wildman–Crippen MR) is 92.8 cm³/mol. The van der Waals surface area contributed by atoms with Crippen LogP contribution >= 0.6 is 11.6 Å². The molecule has 0 bridgehead atoms. The summed E-state index contributed by atoms with van der Waals surface area (Å²) in [6, 6.07) is 10.6. The number of anilines is 1. The first kappa shape index (κ1) is 16.9. The first-order valence-electron chi connectivity index (χ1n) is 7.00. The molecule has 0 amide bonds. The van der Waals surface area contributed by atoms with Gasteiger partial charge in [0.25, 0.3) is 0 Å². The van der Waals surface area contributed by atoms with E-state index in [4.69, 9.17) is 21.1 Å². The minimum atomic E-state index is -0.181. The van der Waals surface area contributed by atoms with E-state index in [1.54, 1.807) is 37.6 Å². The molecule has 2 rings (SSSR count). The number of aryl methyl sites for hydroxylation is 1. The summed E-state index contributed by atoms with van der Waals surface area (Å²) in [4.78, 5) is 12.3. The van der Waals surface area contributed by atoms with Crippen molar-refractivity contribution in [2.24, 2.45) is 0 Å². The Labute approximate surface area is 140 Å². The van der Waals surface area contributed by atoms with Crippen molar-refractivity contribution in [2.45, 2.75) is 6.92 Å². The van der Waals surface area contributed by atoms with Gasteiger partial charge in [-0.15, -0.1) is 0 Å². The van der Waals surface area contributed by atoms with Crippen LogP contribution in [0.5, 0.6) is 11.5 Å². The molecule has 0 aliphatic carbocycles. The number of hydrogen-bond donors (Lipinski definition) is 1. The van der Waals surface area contributed by atoms with Gasteiger partial charge in [0.1, 0.15) is 11.5 Å². The molecule has 2 aromatic rings. The van der Waals surface area contributed by atoms with Crippen molar-refractivity contribution in [3.8, 4) is 11.5 Å². The first-order valence-corrected chi connectivity index (χ1v) is 7.38. The second-order valence-corrected chi connectivity index (χ2v) is 5.30. The summed E-state index contributed by atoms with van der Waals surface area (Å²) in [6.45, 7) is 1.94. The molecule has 0 radical (unpaired) electrons. The zero-order valence-electron chi connectivity index (χ0n) is 13.2. The largest absolute Gasteiger partial charge is 0.497 e. The van der Waals surface area contributed by atoms with Gasteiger partial charge in [0.05, 0.1) is 19.8 Å². The molecule has 0 fully saturated rings. The van der Waals surface area contributed by atoms with Gasteiger partial charge in [-0.05, 0) is 48.9 Å². The van der Waals surface area contributed by atoms with Crippen LogP contribution in [0, 0.1) is 6.92 Å². The summed E-state index contributed by atoms with van der Waals surface area (Å²) >= 11 is 5.92. The number of halogens is 1. The summed E-state index contributed by atoms with van der Waals surface area (Å²) in [5.74, 6) is 0.923. The summed E-state index contributed by atoms with van der Waals surface area (Å²) in [5.41, 5.74) is 2.32. The molecular weight excluding hydrogens is 314 g/mol. The van der Waals surface area contributed by atoms with E-state index in [1.807, 2.05) is 19.1 Å². The lowest BCUT2D eigenvalue weighted by Crippen LogP contribution is -2.01. The second-order valence-electron chi connectivity index (χ2n) is 4.87. The molecule has 2 aromatic carbocycles. The number of ether oxygens (including phenoxy) is 2. The summed E-state index contributed by atoms with van der Waals surface area (Å²) in [7, 11) is 3.08. The van der Waals surface area contributed by atoms with Crippen LogP contribution < -0.4 is 14.8 Å². The fourth-order valence-electron chi connectivity index (χ4n) is 2.09. The SMILES string of the molecule is COc1ccc(OC)c(C(=O)C=CNc2ccc(Cl)cc2C)c1. The number of allylic oxidation sites excluding steroid dienone is 1. The van der Waals surface area contributed by atoms with Crippen molar-refractivity contribution in [1.82, 2.24) is 0 Å². The van der Waals surface area contributed by atoms with E-state index in [2.05, 4.69) is 5.32 Å². The maximum atomic E-state index is 12.3. The standard InChI is InChI=1S/C18H18ClNO3/c1-12-10-13(19)4-6-16(12)20-9-8-17(21)15-11-14(22-2)5-7-18(15)23-3/h4-11,20H,1-3H3. The quantitative estimate of drug-likeness (QED) is 0.626. The number of benzene rings is 2. The van der Waals surface area contributed by atoms with Gasteiger partial charge in [-0.1, -0.05) is 11.6 Å². The van der Waals surface area contributed by atoms with Gasteiger partial charge in [0.2, 0.25) is 0 Å². The Bertz CT molecular complexity index is 741. The van der Waals surface area contributed by atoms with Crippen LogP contribution in [-0.2, 0) is 0 Å². The monoisotopic (exact) mass is 331 g/mol. The molecule has 4 nitrogen and oxygen atoms in total. The van der Waals surface area contributed by atoms with Crippen molar-refractivity contribution < 1.29 is 14.3 Å². The average Bonchev–Trinajstić information content (AvgIpc) is 2.56. The topological polar surface area (TPSA) is 47.6 Å². The Kier molecular flexibility index (Phi) is 5.66. The molecule has 0 aliphatic rings. The molecule has 0 saturated heterocycles. The maximum absolute atomic E-state index is 12.3. The smallest absolute Gasteiger partial charge is 0.191 e. The molecule has 0 unspecified atom stereocenters. The third kappa shape index (κ3) is 4.27. The van der Waals surface area contributed by atoms with Crippen LogP contribution in [0.2, 0.25) is 5.02 Å². The first-order chi connectivity index (χ1) is 11.0. The Morgan fingerprint density at radius 1 is 1.13 bits per heavy atom. The van der Waals surface area contributed by atoms with E-state index in [0.29, 0.717) is 22.1 Å². The van der Waals surface area contributed by atoms with Gasteiger partial charge < -0.3 is 14.8 Å².